The number of benzene rings is 1. The number of anilines is 1. The van der Waals surface area contributed by atoms with Crippen molar-refractivity contribution in [3.8, 4) is 0 Å². The van der Waals surface area contributed by atoms with Gasteiger partial charge >= 0.3 is 0 Å². The number of hydrogen-bond acceptors (Lipinski definition) is 7. The van der Waals surface area contributed by atoms with Crippen LogP contribution in [0.1, 0.15) is 42.0 Å². The fraction of sp³-hybridized carbons (Fsp3) is 0.474. The predicted molar refractivity (Wildman–Crippen MR) is 114 cm³/mol. The number of piperazine rings is 1. The largest absolute Gasteiger partial charge is 0.362 e. The molecule has 0 unspecified atom stereocenters. The topological polar surface area (TPSA) is 129 Å². The average molecular weight is 446 g/mol. The van der Waals surface area contributed by atoms with Crippen LogP contribution >= 0.6 is 12.2 Å². The standard InChI is InChI=1S/C19H23N7O4S/c1-12(27)23-6-8-24(9-7-23)15-5-2-13(10-16(15)26(29)30)18(28)20-11-17-21-22-19(31)25(17)14-3-4-14/h2,5,10,14H,3-4,6-9,11H2,1H3,(H,20,28)(H,22,31). The van der Waals surface area contributed by atoms with Crippen molar-refractivity contribution in [2.75, 3.05) is 31.1 Å². The van der Waals surface area contributed by atoms with Gasteiger partial charge in [-0.25, -0.2) is 0 Å². The maximum atomic E-state index is 12.6. The molecule has 1 aliphatic heterocycles. The van der Waals surface area contributed by atoms with Crippen molar-refractivity contribution in [1.82, 2.24) is 25.0 Å². The fourth-order valence-electron chi connectivity index (χ4n) is 3.77. The number of nitrogens with one attached hydrogen (secondary N) is 2. The number of amides is 2. The first-order valence-corrected chi connectivity index (χ1v) is 10.5. The molecule has 1 aromatic carbocycles. The number of nitro groups is 1. The molecule has 1 aliphatic carbocycles. The number of H-pyrrole nitrogens is 1. The zero-order valence-electron chi connectivity index (χ0n) is 17.0. The minimum atomic E-state index is -0.484. The quantitative estimate of drug-likeness (QED) is 0.394. The Hall–Kier alpha value is -3.28. The number of nitrogens with zero attached hydrogens (tertiary/aromatic N) is 5. The van der Waals surface area contributed by atoms with Gasteiger partial charge in [-0.3, -0.25) is 29.4 Å². The smallest absolute Gasteiger partial charge is 0.293 e. The molecule has 4 rings (SSSR count). The van der Waals surface area contributed by atoms with Crippen LogP contribution in [0, 0.1) is 14.9 Å². The summed E-state index contributed by atoms with van der Waals surface area (Å²) in [6.45, 7) is 3.68. The van der Waals surface area contributed by atoms with Crippen molar-refractivity contribution in [2.24, 2.45) is 0 Å². The first-order valence-electron chi connectivity index (χ1n) is 10.1. The maximum Gasteiger partial charge on any atom is 0.293 e. The lowest BCUT2D eigenvalue weighted by Crippen LogP contribution is -2.48. The number of hydrogen-bond donors (Lipinski definition) is 2. The lowest BCUT2D eigenvalue weighted by Gasteiger charge is -2.35. The molecule has 164 valence electrons. The number of aromatic nitrogens is 3. The second-order valence-corrected chi connectivity index (χ2v) is 8.07. The summed E-state index contributed by atoms with van der Waals surface area (Å²) in [6, 6.07) is 4.78. The van der Waals surface area contributed by atoms with Crippen LogP contribution in [0.4, 0.5) is 11.4 Å². The van der Waals surface area contributed by atoms with Crippen molar-refractivity contribution in [3.63, 3.8) is 0 Å². The van der Waals surface area contributed by atoms with E-state index in [1.807, 2.05) is 9.47 Å². The molecule has 2 aliphatic rings. The number of rotatable bonds is 6. The van der Waals surface area contributed by atoms with Crippen LogP contribution < -0.4 is 10.2 Å². The number of carbonyl (C=O) groups is 2. The molecule has 11 nitrogen and oxygen atoms in total. The second-order valence-electron chi connectivity index (χ2n) is 7.68. The van der Waals surface area contributed by atoms with E-state index >= 15 is 0 Å². The Balaban J connectivity index is 1.47. The van der Waals surface area contributed by atoms with Gasteiger partial charge < -0.3 is 15.1 Å². The summed E-state index contributed by atoms with van der Waals surface area (Å²) in [6.07, 6.45) is 2.06. The molecule has 2 fully saturated rings. The summed E-state index contributed by atoms with van der Waals surface area (Å²) >= 11 is 5.24. The van der Waals surface area contributed by atoms with Gasteiger partial charge in [0, 0.05) is 50.8 Å². The summed E-state index contributed by atoms with van der Waals surface area (Å²) in [5.41, 5.74) is 0.508. The van der Waals surface area contributed by atoms with Gasteiger partial charge in [-0.15, -0.1) is 0 Å². The predicted octanol–water partition coefficient (Wildman–Crippen LogP) is 1.78. The molecule has 2 heterocycles. The molecule has 1 aromatic heterocycles. The number of aromatic amines is 1. The lowest BCUT2D eigenvalue weighted by atomic mass is 10.1. The van der Waals surface area contributed by atoms with Crippen molar-refractivity contribution in [2.45, 2.75) is 32.4 Å². The highest BCUT2D eigenvalue weighted by Crippen LogP contribution is 2.35. The van der Waals surface area contributed by atoms with E-state index in [4.69, 9.17) is 12.2 Å². The molecule has 0 atom stereocenters. The molecular formula is C19H23N7O4S. The van der Waals surface area contributed by atoms with Gasteiger partial charge in [-0.2, -0.15) is 5.10 Å². The Morgan fingerprint density at radius 3 is 2.61 bits per heavy atom. The molecule has 31 heavy (non-hydrogen) atoms. The molecule has 1 saturated carbocycles. The van der Waals surface area contributed by atoms with Gasteiger partial charge in [-0.1, -0.05) is 0 Å². The van der Waals surface area contributed by atoms with Crippen molar-refractivity contribution < 1.29 is 14.5 Å². The van der Waals surface area contributed by atoms with Crippen LogP contribution in [0.3, 0.4) is 0 Å². The van der Waals surface area contributed by atoms with E-state index in [1.54, 1.807) is 17.0 Å². The fourth-order valence-corrected chi connectivity index (χ4v) is 4.07. The first-order chi connectivity index (χ1) is 14.8. The normalized spacial score (nSPS) is 16.3. The third-order valence-corrected chi connectivity index (χ3v) is 5.88. The summed E-state index contributed by atoms with van der Waals surface area (Å²) in [7, 11) is 0. The van der Waals surface area contributed by atoms with Crippen LogP contribution in [0.2, 0.25) is 0 Å². The van der Waals surface area contributed by atoms with Gasteiger partial charge in [0.1, 0.15) is 5.69 Å². The van der Waals surface area contributed by atoms with Crippen LogP contribution in [0.25, 0.3) is 0 Å². The van der Waals surface area contributed by atoms with E-state index in [9.17, 15) is 19.7 Å². The van der Waals surface area contributed by atoms with Crippen LogP contribution in [-0.2, 0) is 11.3 Å². The Kier molecular flexibility index (Phi) is 5.72. The Morgan fingerprint density at radius 1 is 1.29 bits per heavy atom. The van der Waals surface area contributed by atoms with E-state index in [0.717, 1.165) is 12.8 Å². The molecule has 2 N–H and O–H groups in total. The van der Waals surface area contributed by atoms with Crippen LogP contribution in [0.5, 0.6) is 0 Å². The van der Waals surface area contributed by atoms with E-state index in [0.29, 0.717) is 48.5 Å². The minimum absolute atomic E-state index is 0.00995. The Bertz CT molecular complexity index is 1080. The van der Waals surface area contributed by atoms with E-state index < -0.39 is 10.8 Å². The highest BCUT2D eigenvalue weighted by atomic mass is 32.1. The van der Waals surface area contributed by atoms with Crippen molar-refractivity contribution in [1.29, 1.82) is 0 Å². The molecule has 0 spiro atoms. The Labute approximate surface area is 183 Å². The number of carbonyl (C=O) groups excluding carboxylic acids is 2. The molecule has 2 aromatic rings. The molecule has 12 heteroatoms. The van der Waals surface area contributed by atoms with Gasteiger partial charge in [0.2, 0.25) is 5.91 Å². The summed E-state index contributed by atoms with van der Waals surface area (Å²) in [5, 5.41) is 21.4. The monoisotopic (exact) mass is 445 g/mol. The molecule has 2 amide bonds. The van der Waals surface area contributed by atoms with Gasteiger partial charge in [-0.05, 0) is 37.2 Å². The summed E-state index contributed by atoms with van der Waals surface area (Å²) in [4.78, 5) is 38.9. The minimum Gasteiger partial charge on any atom is -0.362 e. The molecule has 0 bridgehead atoms. The van der Waals surface area contributed by atoms with E-state index in [1.165, 1.54) is 13.0 Å². The summed E-state index contributed by atoms with van der Waals surface area (Å²) < 4.78 is 2.43. The third-order valence-electron chi connectivity index (χ3n) is 5.60. The van der Waals surface area contributed by atoms with Crippen LogP contribution in [-0.4, -0.2) is 62.6 Å². The molecular weight excluding hydrogens is 422 g/mol. The van der Waals surface area contributed by atoms with E-state index in [-0.39, 0.29) is 23.7 Å². The highest BCUT2D eigenvalue weighted by molar-refractivity contribution is 7.71. The molecule has 1 saturated heterocycles. The summed E-state index contributed by atoms with van der Waals surface area (Å²) in [5.74, 6) is 0.201. The van der Waals surface area contributed by atoms with Crippen LogP contribution in [0.15, 0.2) is 18.2 Å². The van der Waals surface area contributed by atoms with Gasteiger partial charge in [0.15, 0.2) is 10.6 Å². The van der Waals surface area contributed by atoms with Gasteiger partial charge in [0.05, 0.1) is 11.5 Å². The maximum absolute atomic E-state index is 12.6. The zero-order chi connectivity index (χ0) is 22.1. The lowest BCUT2D eigenvalue weighted by molar-refractivity contribution is -0.384. The SMILES string of the molecule is CC(=O)N1CCN(c2ccc(C(=O)NCc3n[nH]c(=S)n3C3CC3)cc2[N+](=O)[O-])CC1. The average Bonchev–Trinajstić information content (AvgIpc) is 3.53. The third kappa shape index (κ3) is 4.43. The van der Waals surface area contributed by atoms with Crippen molar-refractivity contribution in [3.05, 3.63) is 44.5 Å². The van der Waals surface area contributed by atoms with Gasteiger partial charge in [0.25, 0.3) is 11.6 Å². The molecule has 0 radical (unpaired) electrons. The zero-order valence-corrected chi connectivity index (χ0v) is 17.9. The first kappa shape index (κ1) is 21.0. The highest BCUT2D eigenvalue weighted by Gasteiger charge is 2.28. The van der Waals surface area contributed by atoms with Crippen molar-refractivity contribution >= 4 is 35.4 Å². The number of nitro benzene ring substituents is 1. The second kappa shape index (κ2) is 8.46. The van der Waals surface area contributed by atoms with E-state index in [2.05, 4.69) is 15.5 Å². The Morgan fingerprint density at radius 2 is 2.00 bits per heavy atom.